The van der Waals surface area contributed by atoms with E-state index in [0.717, 1.165) is 51.6 Å². The van der Waals surface area contributed by atoms with Gasteiger partial charge in [-0.2, -0.15) is 0 Å². The lowest BCUT2D eigenvalue weighted by Gasteiger charge is -2.60. The topological polar surface area (TPSA) is 55.8 Å². The number of carbonyl (C=O) groups is 1. The molecule has 0 radical (unpaired) electrons. The number of carbonyl (C=O) groups excluding carboxylic acids is 1. The van der Waals surface area contributed by atoms with Crippen LogP contribution in [0.15, 0.2) is 0 Å². The van der Waals surface area contributed by atoms with Gasteiger partial charge in [0.15, 0.2) is 5.79 Å². The normalized spacial score (nSPS) is 60.9. The largest absolute Gasteiger partial charge is 0.393 e. The van der Waals surface area contributed by atoms with Gasteiger partial charge in [0.25, 0.3) is 0 Å². The Morgan fingerprint density at radius 2 is 1.81 bits per heavy atom. The average molecular weight is 431 g/mol. The summed E-state index contributed by atoms with van der Waals surface area (Å²) in [5, 5.41) is 10.3. The first-order chi connectivity index (χ1) is 14.7. The summed E-state index contributed by atoms with van der Waals surface area (Å²) in [4.78, 5) is 14.0. The highest BCUT2D eigenvalue weighted by atomic mass is 16.7. The highest BCUT2D eigenvalue weighted by molar-refractivity contribution is 5.87. The van der Waals surface area contributed by atoms with Gasteiger partial charge in [-0.1, -0.05) is 27.7 Å². The molecule has 2 heterocycles. The highest BCUT2D eigenvalue weighted by Crippen LogP contribution is 2.70. The molecule has 4 aliphatic carbocycles. The minimum atomic E-state index is -0.448. The van der Waals surface area contributed by atoms with Crippen LogP contribution in [0.3, 0.4) is 0 Å². The zero-order valence-electron chi connectivity index (χ0n) is 19.9. The van der Waals surface area contributed by atoms with Crippen LogP contribution in [0, 0.1) is 52.3 Å². The molecule has 12 atom stereocenters. The maximum absolute atomic E-state index is 14.0. The molecule has 4 nitrogen and oxygen atoms in total. The van der Waals surface area contributed by atoms with Crippen molar-refractivity contribution in [1.29, 1.82) is 0 Å². The maximum Gasteiger partial charge on any atom is 0.171 e. The number of aliphatic hydroxyl groups excluding tert-OH is 1. The van der Waals surface area contributed by atoms with Crippen molar-refractivity contribution in [2.75, 3.05) is 6.61 Å². The van der Waals surface area contributed by atoms with Gasteiger partial charge in [0.2, 0.25) is 0 Å². The number of ketones is 1. The van der Waals surface area contributed by atoms with E-state index >= 15 is 0 Å². The van der Waals surface area contributed by atoms with Crippen LogP contribution in [0.2, 0.25) is 0 Å². The first kappa shape index (κ1) is 21.1. The van der Waals surface area contributed by atoms with Crippen molar-refractivity contribution in [2.24, 2.45) is 52.3 Å². The Bertz CT molecular complexity index is 756. The van der Waals surface area contributed by atoms with E-state index in [4.69, 9.17) is 9.47 Å². The van der Waals surface area contributed by atoms with Gasteiger partial charge < -0.3 is 14.6 Å². The number of hydrogen-bond acceptors (Lipinski definition) is 4. The van der Waals surface area contributed by atoms with E-state index in [2.05, 4.69) is 27.7 Å². The van der Waals surface area contributed by atoms with Crippen LogP contribution in [-0.4, -0.2) is 35.5 Å². The summed E-state index contributed by atoms with van der Waals surface area (Å²) >= 11 is 0. The lowest BCUT2D eigenvalue weighted by atomic mass is 9.44. The third-order valence-corrected chi connectivity index (χ3v) is 11.8. The summed E-state index contributed by atoms with van der Waals surface area (Å²) in [7, 11) is 0. The van der Waals surface area contributed by atoms with Gasteiger partial charge in [-0.3, -0.25) is 4.79 Å². The summed E-state index contributed by atoms with van der Waals surface area (Å²) in [5.41, 5.74) is -0.0221. The van der Waals surface area contributed by atoms with E-state index in [9.17, 15) is 9.90 Å². The lowest BCUT2D eigenvalue weighted by molar-refractivity contribution is -0.272. The smallest absolute Gasteiger partial charge is 0.171 e. The molecule has 1 N–H and O–H groups in total. The quantitative estimate of drug-likeness (QED) is 0.589. The zero-order chi connectivity index (χ0) is 21.8. The lowest BCUT2D eigenvalue weighted by Crippen LogP contribution is -2.58. The van der Waals surface area contributed by atoms with Crippen molar-refractivity contribution < 1.29 is 19.4 Å². The van der Waals surface area contributed by atoms with Gasteiger partial charge in [-0.05, 0) is 80.0 Å². The molecule has 0 aromatic heterocycles. The van der Waals surface area contributed by atoms with E-state index in [1.807, 2.05) is 0 Å². The first-order valence-electron chi connectivity index (χ1n) is 13.2. The number of fused-ring (bicyclic) bond motifs is 7. The van der Waals surface area contributed by atoms with E-state index in [0.29, 0.717) is 41.3 Å². The van der Waals surface area contributed by atoms with Crippen LogP contribution in [0.4, 0.5) is 0 Å². The molecule has 6 aliphatic rings. The molecule has 1 spiro atoms. The van der Waals surface area contributed by atoms with E-state index < -0.39 is 5.79 Å². The van der Waals surface area contributed by atoms with Crippen LogP contribution in [0.1, 0.15) is 85.5 Å². The Kier molecular flexibility index (Phi) is 4.62. The molecule has 6 rings (SSSR count). The van der Waals surface area contributed by atoms with Gasteiger partial charge in [0.1, 0.15) is 5.78 Å². The first-order valence-corrected chi connectivity index (χ1v) is 13.2. The van der Waals surface area contributed by atoms with Crippen LogP contribution in [0.25, 0.3) is 0 Å². The summed E-state index contributed by atoms with van der Waals surface area (Å²) < 4.78 is 13.2. The molecule has 6 fully saturated rings. The fourth-order valence-electron chi connectivity index (χ4n) is 9.93. The second-order valence-corrected chi connectivity index (χ2v) is 13.0. The second kappa shape index (κ2) is 6.79. The molecule has 2 saturated heterocycles. The van der Waals surface area contributed by atoms with Crippen molar-refractivity contribution in [3.63, 3.8) is 0 Å². The number of hydrogen-bond donors (Lipinski definition) is 1. The fraction of sp³-hybridized carbons (Fsp3) is 0.963. The molecule has 2 aliphatic heterocycles. The Morgan fingerprint density at radius 3 is 2.55 bits per heavy atom. The monoisotopic (exact) mass is 430 g/mol. The standard InChI is InChI=1S/C27H42O4/c1-15-7-10-27(30-14-15)16(2)24-22(31-27)12-21-19-6-5-17-11-18(28)8-9-25(17,3)20(19)13-23(29)26(21,24)4/h15-22,24,28H,5-14H2,1-4H3/t15?,16-,17-,18-,19+,20-,21-,22-,24-,25-,26+,27+/m0/s1. The molecule has 1 unspecified atom stereocenters. The van der Waals surface area contributed by atoms with Gasteiger partial charge in [-0.25, -0.2) is 0 Å². The molecule has 4 heteroatoms. The molecule has 174 valence electrons. The van der Waals surface area contributed by atoms with Crippen molar-refractivity contribution in [2.45, 2.75) is 103 Å². The molecular formula is C27H42O4. The average Bonchev–Trinajstić information content (AvgIpc) is 3.18. The highest BCUT2D eigenvalue weighted by Gasteiger charge is 2.71. The molecule has 0 aromatic carbocycles. The SMILES string of the molecule is CC1CC[C@@]2(OC1)O[C@H]1C[C@H]3[C@@H]4CC[C@H]5C[C@@H](O)CC[C@]5(C)[C@H]4CC(=O)[C@]3(C)[C@H]1[C@@H]2C. The summed E-state index contributed by atoms with van der Waals surface area (Å²) in [6.45, 7) is 10.1. The molecule has 0 amide bonds. The third kappa shape index (κ3) is 2.68. The minimum Gasteiger partial charge on any atom is -0.393 e. The van der Waals surface area contributed by atoms with E-state index in [1.54, 1.807) is 0 Å². The third-order valence-electron chi connectivity index (χ3n) is 11.8. The van der Waals surface area contributed by atoms with Crippen LogP contribution < -0.4 is 0 Å². The van der Waals surface area contributed by atoms with Gasteiger partial charge in [-0.15, -0.1) is 0 Å². The predicted molar refractivity (Wildman–Crippen MR) is 118 cm³/mol. The Labute approximate surface area is 187 Å². The Balaban J connectivity index is 1.30. The number of Topliss-reactive ketones (excluding diaryl/α,β-unsaturated/α-hetero) is 1. The van der Waals surface area contributed by atoms with Gasteiger partial charge in [0.05, 0.1) is 18.8 Å². The van der Waals surface area contributed by atoms with Crippen molar-refractivity contribution in [3.05, 3.63) is 0 Å². The van der Waals surface area contributed by atoms with Gasteiger partial charge in [0, 0.05) is 30.1 Å². The second-order valence-electron chi connectivity index (χ2n) is 13.0. The molecule has 4 saturated carbocycles. The number of aliphatic hydroxyl groups is 1. The van der Waals surface area contributed by atoms with Crippen LogP contribution in [-0.2, 0) is 14.3 Å². The van der Waals surface area contributed by atoms with Crippen molar-refractivity contribution in [1.82, 2.24) is 0 Å². The number of ether oxygens (including phenoxy) is 2. The van der Waals surface area contributed by atoms with Crippen molar-refractivity contribution in [3.8, 4) is 0 Å². The molecule has 0 bridgehead atoms. The zero-order valence-corrected chi connectivity index (χ0v) is 19.9. The summed E-state index contributed by atoms with van der Waals surface area (Å²) in [6.07, 6.45) is 9.39. The molecule has 0 aromatic rings. The van der Waals surface area contributed by atoms with Crippen LogP contribution in [0.5, 0.6) is 0 Å². The Hall–Kier alpha value is -0.450. The summed E-state index contributed by atoms with van der Waals surface area (Å²) in [5.74, 6) is 3.45. The summed E-state index contributed by atoms with van der Waals surface area (Å²) in [6, 6.07) is 0. The maximum atomic E-state index is 14.0. The van der Waals surface area contributed by atoms with Gasteiger partial charge >= 0.3 is 0 Å². The fourth-order valence-corrected chi connectivity index (χ4v) is 9.93. The van der Waals surface area contributed by atoms with E-state index in [1.165, 1.54) is 12.8 Å². The molecule has 31 heavy (non-hydrogen) atoms. The van der Waals surface area contributed by atoms with E-state index in [-0.39, 0.29) is 29.0 Å². The number of rotatable bonds is 0. The Morgan fingerprint density at radius 1 is 1.00 bits per heavy atom. The predicted octanol–water partition coefficient (Wildman–Crippen LogP) is 4.97. The minimum absolute atomic E-state index is 0.131. The molecular weight excluding hydrogens is 388 g/mol. The van der Waals surface area contributed by atoms with Crippen molar-refractivity contribution >= 4 is 5.78 Å². The van der Waals surface area contributed by atoms with Crippen LogP contribution >= 0.6 is 0 Å².